The number of ketones is 1. The summed E-state index contributed by atoms with van der Waals surface area (Å²) in [6.45, 7) is 3.26. The van der Waals surface area contributed by atoms with Crippen molar-refractivity contribution in [2.45, 2.75) is 13.8 Å². The van der Waals surface area contributed by atoms with Crippen LogP contribution >= 0.6 is 0 Å². The fourth-order valence-corrected chi connectivity index (χ4v) is 2.09. The molecule has 6 heteroatoms. The molecule has 0 unspecified atom stereocenters. The minimum Gasteiger partial charge on any atom is -0.485 e. The Hall–Kier alpha value is -2.63. The third-order valence-electron chi connectivity index (χ3n) is 3.28. The zero-order valence-corrected chi connectivity index (χ0v) is 12.1. The van der Waals surface area contributed by atoms with Gasteiger partial charge in [0.25, 0.3) is 5.69 Å². The molecule has 2 aromatic rings. The Bertz CT molecular complexity index is 704. The molecule has 0 amide bonds. The van der Waals surface area contributed by atoms with Gasteiger partial charge in [0.1, 0.15) is 5.75 Å². The Kier molecular flexibility index (Phi) is 4.07. The van der Waals surface area contributed by atoms with Crippen LogP contribution in [0.3, 0.4) is 0 Å². The van der Waals surface area contributed by atoms with Crippen LogP contribution in [0, 0.1) is 24.0 Å². The van der Waals surface area contributed by atoms with Crippen LogP contribution in [0.1, 0.15) is 21.6 Å². The fourth-order valence-electron chi connectivity index (χ4n) is 2.09. The molecule has 0 radical (unpaired) electrons. The van der Waals surface area contributed by atoms with Gasteiger partial charge in [-0.3, -0.25) is 14.9 Å². The quantitative estimate of drug-likeness (QED) is 0.481. The van der Waals surface area contributed by atoms with Gasteiger partial charge in [0.15, 0.2) is 6.61 Å². The number of aryl methyl sites for hydroxylation is 3. The van der Waals surface area contributed by atoms with Gasteiger partial charge in [-0.25, -0.2) is 0 Å². The summed E-state index contributed by atoms with van der Waals surface area (Å²) in [5.74, 6) is 0.346. The van der Waals surface area contributed by atoms with E-state index in [2.05, 4.69) is 0 Å². The number of benzene rings is 1. The van der Waals surface area contributed by atoms with Gasteiger partial charge in [-0.1, -0.05) is 0 Å². The molecule has 0 spiro atoms. The highest BCUT2D eigenvalue weighted by atomic mass is 16.6. The number of Topliss-reactive ketones (excluding diaryl/α,β-unsaturated/α-hetero) is 1. The normalized spacial score (nSPS) is 10.4. The molecule has 0 saturated carbocycles. The Morgan fingerprint density at radius 1 is 1.33 bits per heavy atom. The van der Waals surface area contributed by atoms with Gasteiger partial charge in [0.2, 0.25) is 5.78 Å². The number of carbonyl (C=O) groups excluding carboxylic acids is 1. The van der Waals surface area contributed by atoms with Crippen molar-refractivity contribution in [3.8, 4) is 5.75 Å². The van der Waals surface area contributed by atoms with Crippen molar-refractivity contribution in [3.05, 3.63) is 57.4 Å². The lowest BCUT2D eigenvalue weighted by Gasteiger charge is -2.10. The summed E-state index contributed by atoms with van der Waals surface area (Å²) >= 11 is 0. The van der Waals surface area contributed by atoms with Crippen LogP contribution in [0.5, 0.6) is 5.75 Å². The van der Waals surface area contributed by atoms with Crippen LogP contribution in [-0.2, 0) is 7.05 Å². The van der Waals surface area contributed by atoms with Crippen LogP contribution in [0.4, 0.5) is 5.69 Å². The molecule has 0 aliphatic carbocycles. The first-order valence-electron chi connectivity index (χ1n) is 6.43. The number of ether oxygens (including phenoxy) is 1. The molecule has 0 aliphatic rings. The van der Waals surface area contributed by atoms with Crippen molar-refractivity contribution in [1.82, 2.24) is 4.57 Å². The van der Waals surface area contributed by atoms with Gasteiger partial charge in [-0.15, -0.1) is 0 Å². The summed E-state index contributed by atoms with van der Waals surface area (Å²) in [5.41, 5.74) is 1.75. The van der Waals surface area contributed by atoms with Crippen molar-refractivity contribution in [1.29, 1.82) is 0 Å². The van der Waals surface area contributed by atoms with Crippen molar-refractivity contribution in [2.24, 2.45) is 7.05 Å². The van der Waals surface area contributed by atoms with E-state index in [1.807, 2.05) is 0 Å². The van der Waals surface area contributed by atoms with Gasteiger partial charge in [0, 0.05) is 24.9 Å². The van der Waals surface area contributed by atoms with Gasteiger partial charge in [-0.05, 0) is 37.6 Å². The van der Waals surface area contributed by atoms with E-state index in [0.717, 1.165) is 0 Å². The van der Waals surface area contributed by atoms with E-state index in [9.17, 15) is 14.9 Å². The van der Waals surface area contributed by atoms with E-state index in [4.69, 9.17) is 4.74 Å². The standard InChI is InChI=1S/C15H16N2O4/c1-10-8-15(11(2)7-13(10)17(19)20)21-9-14(18)12-5-4-6-16(12)3/h4-8H,9H2,1-3H3. The second-order valence-corrected chi connectivity index (χ2v) is 4.88. The number of aromatic nitrogens is 1. The SMILES string of the molecule is Cc1cc([N+](=O)[O-])c(C)cc1OCC(=O)c1cccn1C. The minimum atomic E-state index is -0.429. The Morgan fingerprint density at radius 3 is 2.62 bits per heavy atom. The third kappa shape index (κ3) is 3.10. The first kappa shape index (κ1) is 14.8. The summed E-state index contributed by atoms with van der Waals surface area (Å²) in [5, 5.41) is 10.9. The minimum absolute atomic E-state index is 0.0496. The fraction of sp³-hybridized carbons (Fsp3) is 0.267. The van der Waals surface area contributed by atoms with Crippen molar-refractivity contribution in [3.63, 3.8) is 0 Å². The van der Waals surface area contributed by atoms with Crippen LogP contribution < -0.4 is 4.74 Å². The van der Waals surface area contributed by atoms with Crippen molar-refractivity contribution >= 4 is 11.5 Å². The van der Waals surface area contributed by atoms with Gasteiger partial charge in [0.05, 0.1) is 10.6 Å². The van der Waals surface area contributed by atoms with E-state index in [-0.39, 0.29) is 18.1 Å². The molecule has 0 atom stereocenters. The van der Waals surface area contributed by atoms with Crippen LogP contribution in [0.2, 0.25) is 0 Å². The zero-order valence-electron chi connectivity index (χ0n) is 12.1. The van der Waals surface area contributed by atoms with E-state index < -0.39 is 4.92 Å². The van der Waals surface area contributed by atoms with E-state index in [1.165, 1.54) is 6.07 Å². The molecule has 0 fully saturated rings. The molecule has 1 aromatic carbocycles. The smallest absolute Gasteiger partial charge is 0.272 e. The number of hydrogen-bond acceptors (Lipinski definition) is 4. The molecule has 1 heterocycles. The highest BCUT2D eigenvalue weighted by Gasteiger charge is 2.15. The Labute approximate surface area is 122 Å². The van der Waals surface area contributed by atoms with E-state index in [1.54, 1.807) is 49.9 Å². The lowest BCUT2D eigenvalue weighted by atomic mass is 10.1. The molecule has 0 N–H and O–H groups in total. The van der Waals surface area contributed by atoms with Crippen LogP contribution in [0.25, 0.3) is 0 Å². The van der Waals surface area contributed by atoms with Crippen molar-refractivity contribution < 1.29 is 14.5 Å². The maximum atomic E-state index is 12.0. The van der Waals surface area contributed by atoms with Gasteiger partial charge < -0.3 is 9.30 Å². The number of hydrogen-bond donors (Lipinski definition) is 0. The maximum Gasteiger partial charge on any atom is 0.272 e. The monoisotopic (exact) mass is 288 g/mol. The van der Waals surface area contributed by atoms with E-state index >= 15 is 0 Å². The number of nitro benzene ring substituents is 1. The summed E-state index contributed by atoms with van der Waals surface area (Å²) in [7, 11) is 1.79. The van der Waals surface area contributed by atoms with Gasteiger partial charge >= 0.3 is 0 Å². The maximum absolute atomic E-state index is 12.0. The first-order valence-corrected chi connectivity index (χ1v) is 6.43. The van der Waals surface area contributed by atoms with Crippen molar-refractivity contribution in [2.75, 3.05) is 6.61 Å². The van der Waals surface area contributed by atoms with Crippen LogP contribution in [0.15, 0.2) is 30.5 Å². The predicted octanol–water partition coefficient (Wildman–Crippen LogP) is 2.81. The molecular formula is C15H16N2O4. The lowest BCUT2D eigenvalue weighted by molar-refractivity contribution is -0.385. The Balaban J connectivity index is 2.14. The second-order valence-electron chi connectivity index (χ2n) is 4.88. The number of nitro groups is 1. The highest BCUT2D eigenvalue weighted by Crippen LogP contribution is 2.27. The first-order chi connectivity index (χ1) is 9.90. The molecule has 0 aliphatic heterocycles. The average molecular weight is 288 g/mol. The summed E-state index contributed by atoms with van der Waals surface area (Å²) in [6.07, 6.45) is 1.79. The molecule has 0 bridgehead atoms. The molecule has 0 saturated heterocycles. The van der Waals surface area contributed by atoms with E-state index in [0.29, 0.717) is 22.6 Å². The number of carbonyl (C=O) groups is 1. The molecule has 21 heavy (non-hydrogen) atoms. The lowest BCUT2D eigenvalue weighted by Crippen LogP contribution is -2.15. The third-order valence-corrected chi connectivity index (χ3v) is 3.28. The molecule has 6 nitrogen and oxygen atoms in total. The molecule has 110 valence electrons. The predicted molar refractivity (Wildman–Crippen MR) is 77.8 cm³/mol. The summed E-state index contributed by atoms with van der Waals surface area (Å²) in [6, 6.07) is 6.55. The topological polar surface area (TPSA) is 74.4 Å². The zero-order chi connectivity index (χ0) is 15.6. The van der Waals surface area contributed by atoms with Crippen LogP contribution in [-0.4, -0.2) is 21.9 Å². The molecule has 1 aromatic heterocycles. The second kappa shape index (κ2) is 5.78. The Morgan fingerprint density at radius 2 is 2.05 bits per heavy atom. The molecular weight excluding hydrogens is 272 g/mol. The summed E-state index contributed by atoms with van der Waals surface area (Å²) < 4.78 is 7.23. The van der Waals surface area contributed by atoms with Gasteiger partial charge in [-0.2, -0.15) is 0 Å². The average Bonchev–Trinajstić information content (AvgIpc) is 2.85. The number of nitrogens with zero attached hydrogens (tertiary/aromatic N) is 2. The number of rotatable bonds is 5. The molecule has 2 rings (SSSR count). The highest BCUT2D eigenvalue weighted by molar-refractivity contribution is 5.95. The summed E-state index contributed by atoms with van der Waals surface area (Å²) in [4.78, 5) is 22.4. The largest absolute Gasteiger partial charge is 0.485 e.